The minimum absolute atomic E-state index is 0.172. The van der Waals surface area contributed by atoms with Crippen LogP contribution in [0.5, 0.6) is 0 Å². The van der Waals surface area contributed by atoms with Gasteiger partial charge in [0.1, 0.15) is 0 Å². The molecule has 0 aliphatic heterocycles. The Labute approximate surface area is 117 Å². The van der Waals surface area contributed by atoms with Gasteiger partial charge in [-0.1, -0.05) is 50.1 Å². The van der Waals surface area contributed by atoms with Crippen LogP contribution >= 0.6 is 0 Å². The largest absolute Gasteiger partial charge is 0.387 e. The molecule has 106 valence electrons. The van der Waals surface area contributed by atoms with Gasteiger partial charge in [-0.05, 0) is 37.8 Å². The molecule has 2 rings (SSSR count). The first kappa shape index (κ1) is 14.5. The van der Waals surface area contributed by atoms with Gasteiger partial charge in [-0.25, -0.2) is 0 Å². The van der Waals surface area contributed by atoms with Gasteiger partial charge in [0.2, 0.25) is 0 Å². The Morgan fingerprint density at radius 1 is 1.26 bits per heavy atom. The smallest absolute Gasteiger partial charge is 0.0942 e. The van der Waals surface area contributed by atoms with Gasteiger partial charge in [-0.2, -0.15) is 0 Å². The Kier molecular flexibility index (Phi) is 5.00. The number of aliphatic hydroxyl groups excluding tert-OH is 1. The molecule has 4 atom stereocenters. The van der Waals surface area contributed by atoms with Crippen molar-refractivity contribution in [3.8, 4) is 0 Å². The predicted molar refractivity (Wildman–Crippen MR) is 80.0 cm³/mol. The molecule has 0 saturated heterocycles. The van der Waals surface area contributed by atoms with Gasteiger partial charge in [-0.3, -0.25) is 0 Å². The van der Waals surface area contributed by atoms with Crippen molar-refractivity contribution in [3.63, 3.8) is 0 Å². The average Bonchev–Trinajstić information content (AvgIpc) is 3.16. The van der Waals surface area contributed by atoms with Gasteiger partial charge in [-0.15, -0.1) is 0 Å². The SMILES string of the molecule is CCC[C@@H]1C[C@H]1CN(C)[C@H](C)[C@H](O)c1ccccc1. The summed E-state index contributed by atoms with van der Waals surface area (Å²) in [5.74, 6) is 1.80. The van der Waals surface area contributed by atoms with Crippen LogP contribution in [0.1, 0.15) is 44.8 Å². The van der Waals surface area contributed by atoms with Crippen LogP contribution in [0.25, 0.3) is 0 Å². The second-order valence-electron chi connectivity index (χ2n) is 6.08. The standard InChI is InChI=1S/C17H27NO/c1-4-8-15-11-16(15)12-18(3)13(2)17(19)14-9-6-5-7-10-14/h5-7,9-10,13,15-17,19H,4,8,11-12H2,1-3H3/t13-,15-,16+,17+/m1/s1. The molecule has 0 unspecified atom stereocenters. The summed E-state index contributed by atoms with van der Waals surface area (Å²) in [5, 5.41) is 10.4. The maximum absolute atomic E-state index is 10.4. The highest BCUT2D eigenvalue weighted by Crippen LogP contribution is 2.42. The molecule has 1 aliphatic carbocycles. The molecule has 1 saturated carbocycles. The highest BCUT2D eigenvalue weighted by molar-refractivity contribution is 5.18. The molecule has 0 amide bonds. The lowest BCUT2D eigenvalue weighted by atomic mass is 10.0. The van der Waals surface area contributed by atoms with Crippen LogP contribution in [0, 0.1) is 11.8 Å². The zero-order valence-corrected chi connectivity index (χ0v) is 12.4. The fourth-order valence-corrected chi connectivity index (χ4v) is 2.96. The van der Waals surface area contributed by atoms with Crippen molar-refractivity contribution in [2.45, 2.75) is 45.3 Å². The van der Waals surface area contributed by atoms with E-state index in [4.69, 9.17) is 0 Å². The van der Waals surface area contributed by atoms with Gasteiger partial charge in [0.15, 0.2) is 0 Å². The highest BCUT2D eigenvalue weighted by atomic mass is 16.3. The van der Waals surface area contributed by atoms with Crippen LogP contribution < -0.4 is 0 Å². The molecule has 0 heterocycles. The molecule has 0 spiro atoms. The molecule has 1 N–H and O–H groups in total. The Balaban J connectivity index is 1.84. The third-order valence-corrected chi connectivity index (χ3v) is 4.54. The molecular weight excluding hydrogens is 234 g/mol. The first-order chi connectivity index (χ1) is 9.13. The molecule has 0 aromatic heterocycles. The summed E-state index contributed by atoms with van der Waals surface area (Å²) in [6, 6.07) is 10.2. The van der Waals surface area contributed by atoms with E-state index in [9.17, 15) is 5.11 Å². The van der Waals surface area contributed by atoms with Crippen LogP contribution in [-0.2, 0) is 0 Å². The fourth-order valence-electron chi connectivity index (χ4n) is 2.96. The highest BCUT2D eigenvalue weighted by Gasteiger charge is 2.37. The summed E-state index contributed by atoms with van der Waals surface area (Å²) in [6.45, 7) is 5.51. The van der Waals surface area contributed by atoms with Crippen LogP contribution in [0.3, 0.4) is 0 Å². The number of benzene rings is 1. The summed E-state index contributed by atoms with van der Waals surface area (Å²) in [4.78, 5) is 2.32. The lowest BCUT2D eigenvalue weighted by molar-refractivity contribution is 0.0694. The van der Waals surface area contributed by atoms with Crippen molar-refractivity contribution in [2.75, 3.05) is 13.6 Å². The number of nitrogens with zero attached hydrogens (tertiary/aromatic N) is 1. The van der Waals surface area contributed by atoms with Crippen molar-refractivity contribution >= 4 is 0 Å². The number of aliphatic hydroxyl groups is 1. The lowest BCUT2D eigenvalue weighted by Crippen LogP contribution is -2.36. The fraction of sp³-hybridized carbons (Fsp3) is 0.647. The number of likely N-dealkylation sites (N-methyl/N-ethyl adjacent to an activating group) is 1. The molecule has 1 aromatic carbocycles. The molecular formula is C17H27NO. The van der Waals surface area contributed by atoms with Crippen molar-refractivity contribution in [1.82, 2.24) is 4.90 Å². The van der Waals surface area contributed by atoms with Gasteiger partial charge < -0.3 is 10.0 Å². The summed E-state index contributed by atoms with van der Waals surface area (Å²) < 4.78 is 0. The summed E-state index contributed by atoms with van der Waals surface area (Å²) >= 11 is 0. The van der Waals surface area contributed by atoms with Crippen LogP contribution in [0.2, 0.25) is 0 Å². The number of hydrogen-bond acceptors (Lipinski definition) is 2. The minimum atomic E-state index is -0.394. The third kappa shape index (κ3) is 3.80. The van der Waals surface area contributed by atoms with Crippen LogP contribution in [0.15, 0.2) is 30.3 Å². The third-order valence-electron chi connectivity index (χ3n) is 4.54. The Morgan fingerprint density at radius 3 is 2.58 bits per heavy atom. The summed E-state index contributed by atoms with van der Waals surface area (Å²) in [5.41, 5.74) is 1.02. The van der Waals surface area contributed by atoms with Crippen molar-refractivity contribution in [2.24, 2.45) is 11.8 Å². The molecule has 2 heteroatoms. The van der Waals surface area contributed by atoms with E-state index in [-0.39, 0.29) is 6.04 Å². The zero-order chi connectivity index (χ0) is 13.8. The van der Waals surface area contributed by atoms with E-state index < -0.39 is 6.10 Å². The molecule has 19 heavy (non-hydrogen) atoms. The first-order valence-electron chi connectivity index (χ1n) is 7.56. The van der Waals surface area contributed by atoms with Crippen LogP contribution in [-0.4, -0.2) is 29.6 Å². The quantitative estimate of drug-likeness (QED) is 0.812. The second-order valence-corrected chi connectivity index (χ2v) is 6.08. The number of rotatable bonds is 7. The van der Waals surface area contributed by atoms with Gasteiger partial charge >= 0.3 is 0 Å². The van der Waals surface area contributed by atoms with Gasteiger partial charge in [0.25, 0.3) is 0 Å². The second kappa shape index (κ2) is 6.53. The lowest BCUT2D eigenvalue weighted by Gasteiger charge is -2.29. The number of hydrogen-bond donors (Lipinski definition) is 1. The topological polar surface area (TPSA) is 23.5 Å². The molecule has 1 fully saturated rings. The average molecular weight is 261 g/mol. The molecule has 0 radical (unpaired) electrons. The van der Waals surface area contributed by atoms with Crippen LogP contribution in [0.4, 0.5) is 0 Å². The normalized spacial score (nSPS) is 25.3. The first-order valence-corrected chi connectivity index (χ1v) is 7.56. The van der Waals surface area contributed by atoms with E-state index in [2.05, 4.69) is 25.8 Å². The van der Waals surface area contributed by atoms with Crippen molar-refractivity contribution < 1.29 is 5.11 Å². The summed E-state index contributed by atoms with van der Waals surface area (Å²) in [7, 11) is 2.14. The minimum Gasteiger partial charge on any atom is -0.387 e. The Hall–Kier alpha value is -0.860. The van der Waals surface area contributed by atoms with E-state index in [1.807, 2.05) is 30.3 Å². The maximum atomic E-state index is 10.4. The Bertz CT molecular complexity index is 378. The van der Waals surface area contributed by atoms with Gasteiger partial charge in [0.05, 0.1) is 6.10 Å². The zero-order valence-electron chi connectivity index (χ0n) is 12.4. The Morgan fingerprint density at radius 2 is 1.95 bits per heavy atom. The van der Waals surface area contributed by atoms with Gasteiger partial charge in [0, 0.05) is 12.6 Å². The molecule has 2 nitrogen and oxygen atoms in total. The van der Waals surface area contributed by atoms with E-state index in [0.717, 1.165) is 23.9 Å². The van der Waals surface area contributed by atoms with Crippen molar-refractivity contribution in [3.05, 3.63) is 35.9 Å². The van der Waals surface area contributed by atoms with E-state index in [1.54, 1.807) is 0 Å². The van der Waals surface area contributed by atoms with E-state index in [0.29, 0.717) is 0 Å². The molecule has 0 bridgehead atoms. The molecule has 1 aromatic rings. The van der Waals surface area contributed by atoms with E-state index in [1.165, 1.54) is 19.3 Å². The van der Waals surface area contributed by atoms with E-state index >= 15 is 0 Å². The monoisotopic (exact) mass is 261 g/mol. The maximum Gasteiger partial charge on any atom is 0.0942 e. The molecule has 1 aliphatic rings. The van der Waals surface area contributed by atoms with Crippen molar-refractivity contribution in [1.29, 1.82) is 0 Å². The predicted octanol–water partition coefficient (Wildman–Crippen LogP) is 3.48. The summed E-state index contributed by atoms with van der Waals surface area (Å²) in [6.07, 6.45) is 3.66.